The van der Waals surface area contributed by atoms with Crippen LogP contribution in [0.4, 0.5) is 0 Å². The number of benzene rings is 3. The van der Waals surface area contributed by atoms with Gasteiger partial charge in [-0.1, -0.05) is 54.1 Å². The molecule has 4 heteroatoms. The normalized spacial score (nSPS) is 10.4. The summed E-state index contributed by atoms with van der Waals surface area (Å²) in [5.74, 6) is -0.200. The minimum Gasteiger partial charge on any atom is -0.489 e. The van der Waals surface area contributed by atoms with Gasteiger partial charge in [-0.25, -0.2) is 4.79 Å². The summed E-state index contributed by atoms with van der Waals surface area (Å²) >= 11 is 0. The van der Waals surface area contributed by atoms with E-state index in [0.717, 1.165) is 16.7 Å². The number of hydrogen-bond acceptors (Lipinski definition) is 4. The summed E-state index contributed by atoms with van der Waals surface area (Å²) in [4.78, 5) is 24.7. The van der Waals surface area contributed by atoms with Crippen LogP contribution >= 0.6 is 0 Å². The van der Waals surface area contributed by atoms with Gasteiger partial charge in [-0.05, 0) is 49.2 Å². The van der Waals surface area contributed by atoms with E-state index in [1.165, 1.54) is 0 Å². The molecule has 0 aromatic heterocycles. The van der Waals surface area contributed by atoms with E-state index in [0.29, 0.717) is 23.5 Å². The van der Waals surface area contributed by atoms with Crippen LogP contribution in [0.5, 0.6) is 5.75 Å². The lowest BCUT2D eigenvalue weighted by atomic mass is 10.0. The predicted octanol–water partition coefficient (Wildman–Crippen LogP) is 4.92. The molecule has 0 bridgehead atoms. The molecule has 3 aromatic carbocycles. The largest absolute Gasteiger partial charge is 0.489 e. The number of carbonyl (C=O) groups is 2. The second kappa shape index (κ2) is 9.00. The number of ether oxygens (including phenoxy) is 2. The highest BCUT2D eigenvalue weighted by molar-refractivity contribution is 6.00. The summed E-state index contributed by atoms with van der Waals surface area (Å²) in [6.45, 7) is 3.90. The average molecular weight is 374 g/mol. The van der Waals surface area contributed by atoms with Crippen LogP contribution in [0.25, 0.3) is 0 Å². The van der Waals surface area contributed by atoms with Gasteiger partial charge in [-0.2, -0.15) is 0 Å². The van der Waals surface area contributed by atoms with Crippen molar-refractivity contribution in [1.29, 1.82) is 0 Å². The zero-order valence-electron chi connectivity index (χ0n) is 16.0. The summed E-state index contributed by atoms with van der Waals surface area (Å²) in [5.41, 5.74) is 3.81. The molecule has 0 aliphatic rings. The van der Waals surface area contributed by atoms with Gasteiger partial charge in [0.05, 0.1) is 5.56 Å². The van der Waals surface area contributed by atoms with Crippen molar-refractivity contribution in [2.75, 3.05) is 6.61 Å². The molecule has 0 spiro atoms. The number of ketones is 1. The first-order valence-corrected chi connectivity index (χ1v) is 9.07. The molecule has 142 valence electrons. The maximum absolute atomic E-state index is 12.4. The number of Topliss-reactive ketones (excluding diaryl/α,β-unsaturated/α-hetero) is 1. The van der Waals surface area contributed by atoms with Crippen molar-refractivity contribution in [3.63, 3.8) is 0 Å². The lowest BCUT2D eigenvalue weighted by Gasteiger charge is -2.09. The van der Waals surface area contributed by atoms with Gasteiger partial charge in [0.2, 0.25) is 5.78 Å². The average Bonchev–Trinajstić information content (AvgIpc) is 2.73. The van der Waals surface area contributed by atoms with Crippen molar-refractivity contribution in [1.82, 2.24) is 0 Å². The molecule has 0 saturated carbocycles. The van der Waals surface area contributed by atoms with Gasteiger partial charge < -0.3 is 9.47 Å². The van der Waals surface area contributed by atoms with E-state index in [1.807, 2.05) is 62.4 Å². The van der Waals surface area contributed by atoms with Gasteiger partial charge in [-0.3, -0.25) is 4.79 Å². The summed E-state index contributed by atoms with van der Waals surface area (Å²) < 4.78 is 10.9. The Hall–Kier alpha value is -3.40. The molecule has 3 aromatic rings. The third-order valence-corrected chi connectivity index (χ3v) is 4.35. The van der Waals surface area contributed by atoms with Crippen molar-refractivity contribution in [2.24, 2.45) is 0 Å². The molecule has 0 unspecified atom stereocenters. The van der Waals surface area contributed by atoms with Gasteiger partial charge in [-0.15, -0.1) is 0 Å². The minimum atomic E-state index is -0.552. The Labute approximate surface area is 164 Å². The van der Waals surface area contributed by atoms with E-state index in [1.54, 1.807) is 24.3 Å². The first-order chi connectivity index (χ1) is 13.5. The molecular weight excluding hydrogens is 352 g/mol. The molecular formula is C24H22O4. The van der Waals surface area contributed by atoms with Crippen molar-refractivity contribution >= 4 is 11.8 Å². The van der Waals surface area contributed by atoms with E-state index >= 15 is 0 Å². The Morgan fingerprint density at radius 1 is 0.857 bits per heavy atom. The van der Waals surface area contributed by atoms with Crippen molar-refractivity contribution < 1.29 is 19.1 Å². The molecule has 4 nitrogen and oxygen atoms in total. The van der Waals surface area contributed by atoms with Gasteiger partial charge in [0, 0.05) is 5.56 Å². The number of esters is 1. The lowest BCUT2D eigenvalue weighted by molar-refractivity contribution is 0.0474. The maximum atomic E-state index is 12.4. The van der Waals surface area contributed by atoms with Gasteiger partial charge in [0.1, 0.15) is 12.4 Å². The van der Waals surface area contributed by atoms with Crippen LogP contribution in [-0.2, 0) is 11.3 Å². The van der Waals surface area contributed by atoms with Crippen LogP contribution in [0, 0.1) is 13.8 Å². The second-order valence-corrected chi connectivity index (χ2v) is 6.62. The van der Waals surface area contributed by atoms with E-state index in [-0.39, 0.29) is 12.4 Å². The number of carbonyl (C=O) groups excluding carboxylic acids is 2. The highest BCUT2D eigenvalue weighted by Crippen LogP contribution is 2.17. The topological polar surface area (TPSA) is 52.6 Å². The van der Waals surface area contributed by atoms with Gasteiger partial charge in [0.15, 0.2) is 6.61 Å². The monoisotopic (exact) mass is 374 g/mol. The zero-order valence-corrected chi connectivity index (χ0v) is 16.0. The maximum Gasteiger partial charge on any atom is 0.338 e. The SMILES string of the molecule is Cc1ccc(C)c(C(=O)COC(=O)c2cccc(OCc3ccccc3)c2)c1. The zero-order chi connectivity index (χ0) is 19.9. The number of rotatable bonds is 7. The van der Waals surface area contributed by atoms with E-state index in [2.05, 4.69) is 0 Å². The van der Waals surface area contributed by atoms with Crippen LogP contribution in [-0.4, -0.2) is 18.4 Å². The molecule has 0 heterocycles. The lowest BCUT2D eigenvalue weighted by Crippen LogP contribution is -2.15. The van der Waals surface area contributed by atoms with Crippen LogP contribution in [0.1, 0.15) is 37.4 Å². The second-order valence-electron chi connectivity index (χ2n) is 6.62. The van der Waals surface area contributed by atoms with Crippen molar-refractivity contribution in [2.45, 2.75) is 20.5 Å². The first kappa shape index (κ1) is 19.4. The molecule has 0 N–H and O–H groups in total. The number of hydrogen-bond donors (Lipinski definition) is 0. The van der Waals surface area contributed by atoms with E-state index in [4.69, 9.17) is 9.47 Å². The Morgan fingerprint density at radius 3 is 2.43 bits per heavy atom. The van der Waals surface area contributed by atoms with Crippen LogP contribution < -0.4 is 4.74 Å². The molecule has 0 aliphatic carbocycles. The van der Waals surface area contributed by atoms with E-state index < -0.39 is 5.97 Å². The van der Waals surface area contributed by atoms with Crippen molar-refractivity contribution in [3.05, 3.63) is 101 Å². The number of aryl methyl sites for hydroxylation is 2. The van der Waals surface area contributed by atoms with Gasteiger partial charge in [0.25, 0.3) is 0 Å². The van der Waals surface area contributed by atoms with E-state index in [9.17, 15) is 9.59 Å². The smallest absolute Gasteiger partial charge is 0.338 e. The fraction of sp³-hybridized carbons (Fsp3) is 0.167. The van der Waals surface area contributed by atoms with Crippen LogP contribution in [0.3, 0.4) is 0 Å². The Morgan fingerprint density at radius 2 is 1.64 bits per heavy atom. The molecule has 0 saturated heterocycles. The fourth-order valence-electron chi connectivity index (χ4n) is 2.78. The first-order valence-electron chi connectivity index (χ1n) is 9.07. The molecule has 0 aliphatic heterocycles. The summed E-state index contributed by atoms with van der Waals surface area (Å²) in [5, 5.41) is 0. The standard InChI is InChI=1S/C24H22O4/c1-17-11-12-18(2)22(13-17)23(25)16-28-24(26)20-9-6-10-21(14-20)27-15-19-7-4-3-5-8-19/h3-14H,15-16H2,1-2H3. The quantitative estimate of drug-likeness (QED) is 0.435. The summed E-state index contributed by atoms with van der Waals surface area (Å²) in [6.07, 6.45) is 0. The summed E-state index contributed by atoms with van der Waals surface area (Å²) in [6, 6.07) is 22.2. The molecule has 3 rings (SSSR count). The summed E-state index contributed by atoms with van der Waals surface area (Å²) in [7, 11) is 0. The van der Waals surface area contributed by atoms with Crippen molar-refractivity contribution in [3.8, 4) is 5.75 Å². The van der Waals surface area contributed by atoms with Crippen LogP contribution in [0.2, 0.25) is 0 Å². The third-order valence-electron chi connectivity index (χ3n) is 4.35. The molecule has 0 fully saturated rings. The predicted molar refractivity (Wildman–Crippen MR) is 108 cm³/mol. The molecule has 0 radical (unpaired) electrons. The molecule has 28 heavy (non-hydrogen) atoms. The molecule has 0 atom stereocenters. The fourth-order valence-corrected chi connectivity index (χ4v) is 2.78. The Bertz CT molecular complexity index is 977. The Kier molecular flexibility index (Phi) is 6.22. The highest BCUT2D eigenvalue weighted by Gasteiger charge is 2.14. The van der Waals surface area contributed by atoms with Crippen LogP contribution in [0.15, 0.2) is 72.8 Å². The molecule has 0 amide bonds. The Balaban J connectivity index is 1.60. The van der Waals surface area contributed by atoms with Gasteiger partial charge >= 0.3 is 5.97 Å². The minimum absolute atomic E-state index is 0.217. The highest BCUT2D eigenvalue weighted by atomic mass is 16.5. The third kappa shape index (κ3) is 5.07.